The van der Waals surface area contributed by atoms with E-state index in [4.69, 9.17) is 23.2 Å². The molecule has 1 saturated carbocycles. The van der Waals surface area contributed by atoms with Crippen molar-refractivity contribution in [2.24, 2.45) is 0 Å². The molecule has 1 aromatic carbocycles. The highest BCUT2D eigenvalue weighted by atomic mass is 35.5. The lowest BCUT2D eigenvalue weighted by atomic mass is 9.95. The summed E-state index contributed by atoms with van der Waals surface area (Å²) in [6.45, 7) is 0. The fraction of sp³-hybridized carbons (Fsp3) is 0.316. The van der Waals surface area contributed by atoms with Gasteiger partial charge in [-0.2, -0.15) is 0 Å². The quantitative estimate of drug-likeness (QED) is 0.792. The smallest absolute Gasteiger partial charge is 0.257 e. The molecule has 7 heteroatoms. The van der Waals surface area contributed by atoms with Crippen molar-refractivity contribution in [3.8, 4) is 0 Å². The van der Waals surface area contributed by atoms with Gasteiger partial charge in [0.1, 0.15) is 0 Å². The minimum Gasteiger partial charge on any atom is -0.349 e. The molecule has 0 unspecified atom stereocenters. The molecule has 26 heavy (non-hydrogen) atoms. The summed E-state index contributed by atoms with van der Waals surface area (Å²) < 4.78 is 0. The number of nitrogens with one attached hydrogen (secondary N) is 2. The third-order valence-corrected chi connectivity index (χ3v) is 5.12. The number of benzene rings is 1. The molecule has 1 fully saturated rings. The standard InChI is InChI=1S/C19H19Cl2N3O2/c20-16-7-6-15(9-17(16)21)24-19(26)13-8-12(10-22-11-13)18(25)23-14-4-2-1-3-5-14/h6-11,14H,1-5H2,(H,23,25)(H,24,26). The van der Waals surface area contributed by atoms with Crippen molar-refractivity contribution in [1.82, 2.24) is 10.3 Å². The summed E-state index contributed by atoms with van der Waals surface area (Å²) in [7, 11) is 0. The fourth-order valence-electron chi connectivity index (χ4n) is 2.98. The van der Waals surface area contributed by atoms with Crippen molar-refractivity contribution in [2.45, 2.75) is 38.1 Å². The van der Waals surface area contributed by atoms with Gasteiger partial charge < -0.3 is 10.6 Å². The summed E-state index contributed by atoms with van der Waals surface area (Å²) in [6, 6.07) is 6.56. The number of hydrogen-bond donors (Lipinski definition) is 2. The van der Waals surface area contributed by atoms with Gasteiger partial charge in [0, 0.05) is 24.1 Å². The number of pyridine rings is 1. The highest BCUT2D eigenvalue weighted by Crippen LogP contribution is 2.25. The second kappa shape index (κ2) is 8.52. The number of carbonyl (C=O) groups excluding carboxylic acids is 2. The van der Waals surface area contributed by atoms with Crippen molar-refractivity contribution in [1.29, 1.82) is 0 Å². The zero-order valence-corrected chi connectivity index (χ0v) is 15.6. The molecule has 5 nitrogen and oxygen atoms in total. The Hall–Kier alpha value is -2.11. The minimum atomic E-state index is -0.372. The summed E-state index contributed by atoms with van der Waals surface area (Å²) in [5.74, 6) is -0.572. The number of hydrogen-bond acceptors (Lipinski definition) is 3. The van der Waals surface area contributed by atoms with E-state index in [2.05, 4.69) is 15.6 Å². The second-order valence-electron chi connectivity index (χ2n) is 6.35. The number of aromatic nitrogens is 1. The van der Waals surface area contributed by atoms with Crippen molar-refractivity contribution >= 4 is 40.7 Å². The summed E-state index contributed by atoms with van der Waals surface area (Å²) >= 11 is 11.8. The Labute approximate surface area is 162 Å². The van der Waals surface area contributed by atoms with Crippen molar-refractivity contribution in [2.75, 3.05) is 5.32 Å². The first kappa shape index (κ1) is 18.7. The minimum absolute atomic E-state index is 0.199. The fourth-order valence-corrected chi connectivity index (χ4v) is 3.28. The van der Waals surface area contributed by atoms with Crippen molar-refractivity contribution < 1.29 is 9.59 Å². The molecule has 2 N–H and O–H groups in total. The van der Waals surface area contributed by atoms with Gasteiger partial charge in [-0.15, -0.1) is 0 Å². The van der Waals surface area contributed by atoms with Crippen molar-refractivity contribution in [3.63, 3.8) is 0 Å². The molecule has 0 bridgehead atoms. The van der Waals surface area contributed by atoms with Gasteiger partial charge in [-0.1, -0.05) is 42.5 Å². The molecule has 1 aliphatic rings. The summed E-state index contributed by atoms with van der Waals surface area (Å²) in [5, 5.41) is 6.50. The monoisotopic (exact) mass is 391 g/mol. The molecular weight excluding hydrogens is 373 g/mol. The van der Waals surface area contributed by atoms with Crippen LogP contribution in [0.15, 0.2) is 36.7 Å². The Morgan fingerprint density at radius 3 is 2.31 bits per heavy atom. The lowest BCUT2D eigenvalue weighted by Crippen LogP contribution is -2.36. The van der Waals surface area contributed by atoms with Crippen LogP contribution in [0.3, 0.4) is 0 Å². The molecule has 0 atom stereocenters. The molecule has 2 amide bonds. The molecule has 1 aliphatic carbocycles. The van der Waals surface area contributed by atoms with Gasteiger partial charge in [0.15, 0.2) is 0 Å². The van der Waals surface area contributed by atoms with E-state index in [-0.39, 0.29) is 17.9 Å². The van der Waals surface area contributed by atoms with Gasteiger partial charge in [-0.3, -0.25) is 14.6 Å². The Morgan fingerprint density at radius 2 is 1.62 bits per heavy atom. The highest BCUT2D eigenvalue weighted by molar-refractivity contribution is 6.42. The van der Waals surface area contributed by atoms with Crippen LogP contribution in [0.1, 0.15) is 52.8 Å². The van der Waals surface area contributed by atoms with Crippen LogP contribution in [0.5, 0.6) is 0 Å². The first-order chi connectivity index (χ1) is 12.5. The molecule has 2 aromatic rings. The van der Waals surface area contributed by atoms with Gasteiger partial charge in [0.2, 0.25) is 0 Å². The Morgan fingerprint density at radius 1 is 0.923 bits per heavy atom. The molecule has 136 valence electrons. The van der Waals surface area contributed by atoms with Crippen LogP contribution in [0.2, 0.25) is 10.0 Å². The van der Waals surface area contributed by atoms with Crippen molar-refractivity contribution in [3.05, 3.63) is 57.8 Å². The lowest BCUT2D eigenvalue weighted by Gasteiger charge is -2.22. The third-order valence-electron chi connectivity index (χ3n) is 4.38. The number of amides is 2. The zero-order valence-electron chi connectivity index (χ0n) is 14.1. The van der Waals surface area contributed by atoms with Crippen LogP contribution in [0.25, 0.3) is 0 Å². The van der Waals surface area contributed by atoms with E-state index in [0.717, 1.165) is 25.7 Å². The SMILES string of the molecule is O=C(Nc1ccc(Cl)c(Cl)c1)c1cncc(C(=O)NC2CCCCC2)c1. The predicted octanol–water partition coefficient (Wildman–Crippen LogP) is 4.70. The van der Waals surface area contributed by atoms with Crippen LogP contribution in [-0.2, 0) is 0 Å². The van der Waals surface area contributed by atoms with Crippen LogP contribution < -0.4 is 10.6 Å². The Balaban J connectivity index is 1.68. The molecule has 3 rings (SSSR count). The first-order valence-electron chi connectivity index (χ1n) is 8.55. The summed E-state index contributed by atoms with van der Waals surface area (Å²) in [6.07, 6.45) is 8.37. The van der Waals surface area contributed by atoms with E-state index < -0.39 is 0 Å². The molecule has 1 heterocycles. The lowest BCUT2D eigenvalue weighted by molar-refractivity contribution is 0.0927. The van der Waals surface area contributed by atoms with Gasteiger partial charge in [-0.05, 0) is 37.1 Å². The van der Waals surface area contributed by atoms with E-state index in [1.807, 2.05) is 0 Å². The largest absolute Gasteiger partial charge is 0.349 e. The average molecular weight is 392 g/mol. The Bertz CT molecular complexity index is 820. The first-order valence-corrected chi connectivity index (χ1v) is 9.31. The Kier molecular flexibility index (Phi) is 6.12. The average Bonchev–Trinajstić information content (AvgIpc) is 2.65. The molecule has 0 spiro atoms. The van der Waals surface area contributed by atoms with E-state index >= 15 is 0 Å². The van der Waals surface area contributed by atoms with Crippen LogP contribution >= 0.6 is 23.2 Å². The van der Waals surface area contributed by atoms with Gasteiger partial charge >= 0.3 is 0 Å². The van der Waals surface area contributed by atoms with Crippen LogP contribution in [0, 0.1) is 0 Å². The topological polar surface area (TPSA) is 71.1 Å². The predicted molar refractivity (Wildman–Crippen MR) is 103 cm³/mol. The maximum absolute atomic E-state index is 12.4. The maximum atomic E-state index is 12.4. The maximum Gasteiger partial charge on any atom is 0.257 e. The highest BCUT2D eigenvalue weighted by Gasteiger charge is 2.18. The number of halogens is 2. The van der Waals surface area contributed by atoms with Crippen LogP contribution in [-0.4, -0.2) is 22.8 Å². The number of rotatable bonds is 4. The van der Waals surface area contributed by atoms with E-state index in [1.165, 1.54) is 24.9 Å². The van der Waals surface area contributed by atoms with Crippen LogP contribution in [0.4, 0.5) is 5.69 Å². The van der Waals surface area contributed by atoms with Gasteiger partial charge in [0.05, 0.1) is 21.2 Å². The number of anilines is 1. The zero-order chi connectivity index (χ0) is 18.5. The van der Waals surface area contributed by atoms with Gasteiger partial charge in [-0.25, -0.2) is 0 Å². The second-order valence-corrected chi connectivity index (χ2v) is 7.17. The molecule has 0 saturated heterocycles. The number of nitrogens with zero attached hydrogens (tertiary/aromatic N) is 1. The number of carbonyl (C=O) groups is 2. The van der Waals surface area contributed by atoms with E-state index in [1.54, 1.807) is 18.2 Å². The third kappa shape index (κ3) is 4.74. The summed E-state index contributed by atoms with van der Waals surface area (Å²) in [5.41, 5.74) is 1.19. The summed E-state index contributed by atoms with van der Waals surface area (Å²) in [4.78, 5) is 28.9. The van der Waals surface area contributed by atoms with E-state index in [9.17, 15) is 9.59 Å². The normalized spacial score (nSPS) is 14.7. The van der Waals surface area contributed by atoms with E-state index in [0.29, 0.717) is 26.9 Å². The molecule has 0 aliphatic heterocycles. The molecule has 0 radical (unpaired) electrons. The molecular formula is C19H19Cl2N3O2. The van der Waals surface area contributed by atoms with Gasteiger partial charge in [0.25, 0.3) is 11.8 Å². The molecule has 1 aromatic heterocycles.